The molecule has 1 aromatic heterocycles. The average Bonchev–Trinajstić information content (AvgIpc) is 2.60. The zero-order chi connectivity index (χ0) is 14.0. The lowest BCUT2D eigenvalue weighted by molar-refractivity contribution is 0.438. The quantitative estimate of drug-likeness (QED) is 0.798. The second-order valence-electron chi connectivity index (χ2n) is 4.32. The first-order valence-electron chi connectivity index (χ1n) is 6.01. The molecule has 2 heterocycles. The molecule has 0 N–H and O–H groups in total. The molecule has 1 aromatic rings. The molecule has 19 heavy (non-hydrogen) atoms. The largest absolute Gasteiger partial charge is 0.282 e. The van der Waals surface area contributed by atoms with Gasteiger partial charge in [-0.2, -0.15) is 17.0 Å². The Hall–Kier alpha value is -0.400. The normalized spacial score (nSPS) is 19.9. The first kappa shape index (κ1) is 15.0. The molecule has 0 atom stereocenters. The zero-order valence-electron chi connectivity index (χ0n) is 10.5. The van der Waals surface area contributed by atoms with Crippen molar-refractivity contribution in [1.29, 1.82) is 0 Å². The van der Waals surface area contributed by atoms with E-state index >= 15 is 0 Å². The number of halogens is 2. The fourth-order valence-electron chi connectivity index (χ4n) is 2.00. The summed E-state index contributed by atoms with van der Waals surface area (Å²) >= 11 is 11.7. The second-order valence-corrected chi connectivity index (χ2v) is 7.00. The average molecular weight is 324 g/mol. The van der Waals surface area contributed by atoms with Crippen LogP contribution in [0.1, 0.15) is 18.9 Å². The third kappa shape index (κ3) is 3.20. The van der Waals surface area contributed by atoms with Crippen LogP contribution < -0.4 is 0 Å². The van der Waals surface area contributed by atoms with Crippen molar-refractivity contribution < 1.29 is 8.42 Å². The van der Waals surface area contributed by atoms with Crippen molar-refractivity contribution in [2.24, 2.45) is 0 Å². The van der Waals surface area contributed by atoms with Crippen LogP contribution in [0.15, 0.2) is 12.1 Å². The maximum absolute atomic E-state index is 12.2. The van der Waals surface area contributed by atoms with E-state index in [0.29, 0.717) is 30.4 Å². The molecule has 1 aliphatic heterocycles. The number of hydrogen-bond acceptors (Lipinski definition) is 3. The molecule has 1 saturated heterocycles. The Morgan fingerprint density at radius 2 is 1.95 bits per heavy atom. The number of aromatic nitrogens is 1. The van der Waals surface area contributed by atoms with Crippen LogP contribution in [0.2, 0.25) is 10.3 Å². The summed E-state index contributed by atoms with van der Waals surface area (Å²) in [4.78, 5) is 3.91. The number of pyridine rings is 1. The summed E-state index contributed by atoms with van der Waals surface area (Å²) in [7, 11) is -3.37. The highest BCUT2D eigenvalue weighted by atomic mass is 35.5. The van der Waals surface area contributed by atoms with E-state index in [2.05, 4.69) is 4.98 Å². The Bertz CT molecular complexity index is 565. The lowest BCUT2D eigenvalue weighted by atomic mass is 10.3. The minimum absolute atomic E-state index is 0.228. The molecule has 1 fully saturated rings. The SMILES string of the molecule is CCCN1CCN(Cc2ccc(Cl)nc2Cl)S1(=O)=O. The van der Waals surface area contributed by atoms with Crippen LogP contribution in [0, 0.1) is 0 Å². The van der Waals surface area contributed by atoms with E-state index in [0.717, 1.165) is 6.42 Å². The maximum Gasteiger partial charge on any atom is 0.282 e. The van der Waals surface area contributed by atoms with Gasteiger partial charge in [0.05, 0.1) is 0 Å². The van der Waals surface area contributed by atoms with Crippen LogP contribution >= 0.6 is 23.2 Å². The third-order valence-electron chi connectivity index (χ3n) is 2.96. The van der Waals surface area contributed by atoms with Gasteiger partial charge in [-0.25, -0.2) is 4.98 Å². The minimum Gasteiger partial charge on any atom is -0.224 e. The Balaban J connectivity index is 2.16. The van der Waals surface area contributed by atoms with Gasteiger partial charge in [-0.3, -0.25) is 0 Å². The van der Waals surface area contributed by atoms with Crippen LogP contribution in [-0.2, 0) is 16.8 Å². The molecule has 106 valence electrons. The standard InChI is InChI=1S/C11H15Cl2N3O2S/c1-2-5-15-6-7-16(19(15,17)18)8-9-3-4-10(12)14-11(9)13/h3-4H,2,5-8H2,1H3. The minimum atomic E-state index is -3.37. The van der Waals surface area contributed by atoms with E-state index in [1.165, 1.54) is 8.61 Å². The number of nitrogens with zero attached hydrogens (tertiary/aromatic N) is 3. The molecule has 0 radical (unpaired) electrons. The van der Waals surface area contributed by atoms with Crippen LogP contribution in [0.25, 0.3) is 0 Å². The molecule has 0 saturated carbocycles. The molecular weight excluding hydrogens is 309 g/mol. The summed E-state index contributed by atoms with van der Waals surface area (Å²) in [6.45, 7) is 3.73. The highest BCUT2D eigenvalue weighted by Gasteiger charge is 2.35. The summed E-state index contributed by atoms with van der Waals surface area (Å²) in [5, 5.41) is 0.544. The molecule has 8 heteroatoms. The van der Waals surface area contributed by atoms with Gasteiger partial charge in [-0.05, 0) is 12.5 Å². The summed E-state index contributed by atoms with van der Waals surface area (Å²) in [6, 6.07) is 3.31. The van der Waals surface area contributed by atoms with Gasteiger partial charge in [0.25, 0.3) is 10.2 Å². The fourth-order valence-corrected chi connectivity index (χ4v) is 4.07. The van der Waals surface area contributed by atoms with E-state index in [4.69, 9.17) is 23.2 Å². The molecule has 0 unspecified atom stereocenters. The molecule has 5 nitrogen and oxygen atoms in total. The monoisotopic (exact) mass is 323 g/mol. The van der Waals surface area contributed by atoms with Crippen molar-refractivity contribution in [2.45, 2.75) is 19.9 Å². The number of rotatable bonds is 4. The highest BCUT2D eigenvalue weighted by molar-refractivity contribution is 7.87. The van der Waals surface area contributed by atoms with Gasteiger partial charge in [0.2, 0.25) is 0 Å². The smallest absolute Gasteiger partial charge is 0.224 e. The van der Waals surface area contributed by atoms with Crippen LogP contribution in [-0.4, -0.2) is 41.6 Å². The van der Waals surface area contributed by atoms with E-state index < -0.39 is 10.2 Å². The second kappa shape index (κ2) is 5.93. The first-order valence-corrected chi connectivity index (χ1v) is 8.16. The van der Waals surface area contributed by atoms with Crippen molar-refractivity contribution in [1.82, 2.24) is 13.6 Å². The predicted octanol–water partition coefficient (Wildman–Crippen LogP) is 2.16. The summed E-state index contributed by atoms with van der Waals surface area (Å²) in [5.41, 5.74) is 0.660. The van der Waals surface area contributed by atoms with Gasteiger partial charge in [-0.15, -0.1) is 0 Å². The molecule has 0 spiro atoms. The number of hydrogen-bond donors (Lipinski definition) is 0. The molecule has 0 amide bonds. The third-order valence-corrected chi connectivity index (χ3v) is 5.48. The zero-order valence-corrected chi connectivity index (χ0v) is 12.8. The van der Waals surface area contributed by atoms with Crippen molar-refractivity contribution in [3.05, 3.63) is 28.0 Å². The fraction of sp³-hybridized carbons (Fsp3) is 0.545. The maximum atomic E-state index is 12.2. The van der Waals surface area contributed by atoms with Crippen molar-refractivity contribution in [3.8, 4) is 0 Å². The van der Waals surface area contributed by atoms with Crippen LogP contribution in [0.5, 0.6) is 0 Å². The Morgan fingerprint density at radius 3 is 2.58 bits per heavy atom. The van der Waals surface area contributed by atoms with E-state index in [9.17, 15) is 8.42 Å². The van der Waals surface area contributed by atoms with Crippen molar-refractivity contribution in [3.63, 3.8) is 0 Å². The molecule has 1 aliphatic rings. The van der Waals surface area contributed by atoms with E-state index in [1.807, 2.05) is 6.92 Å². The van der Waals surface area contributed by atoms with E-state index in [1.54, 1.807) is 12.1 Å². The van der Waals surface area contributed by atoms with Gasteiger partial charge in [0.15, 0.2) is 0 Å². The van der Waals surface area contributed by atoms with Crippen LogP contribution in [0.4, 0.5) is 0 Å². The Labute approximate surface area is 123 Å². The lowest BCUT2D eigenvalue weighted by Crippen LogP contribution is -2.33. The summed E-state index contributed by atoms with van der Waals surface area (Å²) < 4.78 is 27.4. The Morgan fingerprint density at radius 1 is 1.26 bits per heavy atom. The van der Waals surface area contributed by atoms with Crippen LogP contribution in [0.3, 0.4) is 0 Å². The van der Waals surface area contributed by atoms with Gasteiger partial charge in [0, 0.05) is 31.7 Å². The first-order chi connectivity index (χ1) is 8.95. The molecule has 0 aromatic carbocycles. The van der Waals surface area contributed by atoms with Gasteiger partial charge in [-0.1, -0.05) is 36.2 Å². The predicted molar refractivity (Wildman–Crippen MR) is 75.5 cm³/mol. The topological polar surface area (TPSA) is 53.5 Å². The van der Waals surface area contributed by atoms with Gasteiger partial charge in [0.1, 0.15) is 10.3 Å². The highest BCUT2D eigenvalue weighted by Crippen LogP contribution is 2.23. The molecule has 2 rings (SSSR count). The summed E-state index contributed by atoms with van der Waals surface area (Å²) in [5.74, 6) is 0. The molecular formula is C11H15Cl2N3O2S. The van der Waals surface area contributed by atoms with Gasteiger partial charge < -0.3 is 0 Å². The Kier molecular flexibility index (Phi) is 4.68. The summed E-state index contributed by atoms with van der Waals surface area (Å²) in [6.07, 6.45) is 0.802. The van der Waals surface area contributed by atoms with Crippen molar-refractivity contribution in [2.75, 3.05) is 19.6 Å². The molecule has 0 aliphatic carbocycles. The van der Waals surface area contributed by atoms with E-state index in [-0.39, 0.29) is 11.7 Å². The lowest BCUT2D eigenvalue weighted by Gasteiger charge is -2.18. The van der Waals surface area contributed by atoms with Gasteiger partial charge >= 0.3 is 0 Å². The molecule has 0 bridgehead atoms. The van der Waals surface area contributed by atoms with Crippen molar-refractivity contribution >= 4 is 33.4 Å².